The molecule has 0 unspecified atom stereocenters. The summed E-state index contributed by atoms with van der Waals surface area (Å²) in [5.41, 5.74) is 3.15. The first-order valence-electron chi connectivity index (χ1n) is 6.78. The molecule has 1 amide bonds. The molecule has 0 saturated carbocycles. The Hall–Kier alpha value is -1.56. The Morgan fingerprint density at radius 3 is 2.57 bits per heavy atom. The smallest absolute Gasteiger partial charge is 0.274 e. The second-order valence-electron chi connectivity index (χ2n) is 5.16. The molecule has 0 aliphatic rings. The number of nitrogens with zero attached hydrogens (tertiary/aromatic N) is 2. The number of para-hydroxylation sites is 1. The quantitative estimate of drug-likeness (QED) is 0.622. The number of carbonyl (C=O) groups excluding carboxylic acids is 1. The van der Waals surface area contributed by atoms with Gasteiger partial charge < -0.3 is 5.32 Å². The average molecular weight is 413 g/mol. The van der Waals surface area contributed by atoms with Crippen LogP contribution in [0.5, 0.6) is 0 Å². The second kappa shape index (κ2) is 6.15. The Labute approximate surface area is 151 Å². The molecule has 1 aromatic carbocycles. The molecule has 23 heavy (non-hydrogen) atoms. The topological polar surface area (TPSA) is 46.4 Å². The zero-order valence-corrected chi connectivity index (χ0v) is 15.4. The number of carbonyl (C=O) groups is 1. The van der Waals surface area contributed by atoms with E-state index in [2.05, 4.69) is 26.2 Å². The maximum atomic E-state index is 12.7. The molecule has 0 spiro atoms. The number of imidazole rings is 1. The van der Waals surface area contributed by atoms with Gasteiger partial charge in [0, 0.05) is 6.20 Å². The van der Waals surface area contributed by atoms with E-state index in [9.17, 15) is 4.79 Å². The fourth-order valence-corrected chi connectivity index (χ4v) is 3.54. The van der Waals surface area contributed by atoms with Crippen molar-refractivity contribution in [2.45, 2.75) is 13.8 Å². The molecule has 118 valence electrons. The molecular weight excluding hydrogens is 401 g/mol. The predicted octanol–water partition coefficient (Wildman–Crippen LogP) is 5.27. The van der Waals surface area contributed by atoms with Crippen LogP contribution in [-0.2, 0) is 0 Å². The van der Waals surface area contributed by atoms with E-state index in [1.54, 1.807) is 29.5 Å². The van der Waals surface area contributed by atoms with Gasteiger partial charge in [-0.1, -0.05) is 29.3 Å². The molecule has 1 N–H and O–H groups in total. The summed E-state index contributed by atoms with van der Waals surface area (Å²) in [6, 6.07) is 7.02. The van der Waals surface area contributed by atoms with Crippen LogP contribution in [0.15, 0.2) is 34.9 Å². The molecule has 4 nitrogen and oxygen atoms in total. The van der Waals surface area contributed by atoms with Crippen LogP contribution in [0.3, 0.4) is 0 Å². The highest BCUT2D eigenvalue weighted by molar-refractivity contribution is 9.10. The number of aryl methyl sites for hydroxylation is 2. The van der Waals surface area contributed by atoms with Gasteiger partial charge in [-0.15, -0.1) is 0 Å². The van der Waals surface area contributed by atoms with Gasteiger partial charge in [-0.05, 0) is 53.5 Å². The third-order valence-corrected chi connectivity index (χ3v) is 4.62. The second-order valence-corrected chi connectivity index (χ2v) is 6.82. The highest BCUT2D eigenvalue weighted by Gasteiger charge is 2.20. The van der Waals surface area contributed by atoms with Gasteiger partial charge >= 0.3 is 0 Å². The van der Waals surface area contributed by atoms with Crippen molar-refractivity contribution < 1.29 is 4.79 Å². The van der Waals surface area contributed by atoms with Gasteiger partial charge in [0.25, 0.3) is 5.91 Å². The van der Waals surface area contributed by atoms with Crippen LogP contribution in [-0.4, -0.2) is 15.3 Å². The molecule has 3 rings (SSSR count). The number of pyridine rings is 1. The van der Waals surface area contributed by atoms with Crippen LogP contribution in [0.25, 0.3) is 5.65 Å². The van der Waals surface area contributed by atoms with E-state index in [1.165, 1.54) is 0 Å². The monoisotopic (exact) mass is 411 g/mol. The first-order chi connectivity index (χ1) is 10.9. The van der Waals surface area contributed by atoms with Crippen molar-refractivity contribution in [3.63, 3.8) is 0 Å². The van der Waals surface area contributed by atoms with E-state index < -0.39 is 0 Å². The lowest BCUT2D eigenvalue weighted by atomic mass is 10.2. The SMILES string of the molecule is Cc1cc(Br)c2nc(C)c(C(=O)Nc3c(Cl)cccc3Cl)n2c1. The summed E-state index contributed by atoms with van der Waals surface area (Å²) in [7, 11) is 0. The number of hydrogen-bond donors (Lipinski definition) is 1. The summed E-state index contributed by atoms with van der Waals surface area (Å²) in [5.74, 6) is -0.317. The summed E-state index contributed by atoms with van der Waals surface area (Å²) in [6.07, 6.45) is 1.86. The number of halogens is 3. The Balaban J connectivity index is 2.10. The maximum absolute atomic E-state index is 12.7. The van der Waals surface area contributed by atoms with Crippen molar-refractivity contribution in [1.82, 2.24) is 9.38 Å². The molecule has 0 bridgehead atoms. The Kier molecular flexibility index (Phi) is 4.36. The van der Waals surface area contributed by atoms with E-state index in [1.807, 2.05) is 19.2 Å². The minimum atomic E-state index is -0.317. The number of benzene rings is 1. The van der Waals surface area contributed by atoms with Crippen molar-refractivity contribution in [3.05, 3.63) is 61.9 Å². The van der Waals surface area contributed by atoms with E-state index in [4.69, 9.17) is 23.2 Å². The summed E-state index contributed by atoms with van der Waals surface area (Å²) in [6.45, 7) is 3.74. The van der Waals surface area contributed by atoms with Crippen LogP contribution in [0, 0.1) is 13.8 Å². The van der Waals surface area contributed by atoms with Gasteiger partial charge in [0.15, 0.2) is 5.65 Å². The Bertz CT molecular complexity index is 916. The molecular formula is C16H12BrCl2N3O. The van der Waals surface area contributed by atoms with Crippen LogP contribution in [0.2, 0.25) is 10.0 Å². The Morgan fingerprint density at radius 2 is 1.91 bits per heavy atom. The first kappa shape index (κ1) is 16.3. The lowest BCUT2D eigenvalue weighted by molar-refractivity contribution is 0.102. The van der Waals surface area contributed by atoms with Gasteiger partial charge in [0.05, 0.1) is 25.9 Å². The summed E-state index contributed by atoms with van der Waals surface area (Å²) < 4.78 is 2.59. The van der Waals surface area contributed by atoms with Crippen molar-refractivity contribution in [1.29, 1.82) is 0 Å². The molecule has 0 aliphatic carbocycles. The third kappa shape index (κ3) is 2.96. The fourth-order valence-electron chi connectivity index (χ4n) is 2.41. The number of hydrogen-bond acceptors (Lipinski definition) is 2. The van der Waals surface area contributed by atoms with Gasteiger partial charge in [0.1, 0.15) is 5.69 Å². The van der Waals surface area contributed by atoms with E-state index in [0.29, 0.717) is 32.8 Å². The van der Waals surface area contributed by atoms with Crippen LogP contribution in [0.1, 0.15) is 21.7 Å². The van der Waals surface area contributed by atoms with Crippen LogP contribution >= 0.6 is 39.1 Å². The van der Waals surface area contributed by atoms with Gasteiger partial charge in [-0.2, -0.15) is 0 Å². The highest BCUT2D eigenvalue weighted by atomic mass is 79.9. The van der Waals surface area contributed by atoms with E-state index in [0.717, 1.165) is 10.0 Å². The molecule has 3 aromatic rings. The van der Waals surface area contributed by atoms with Crippen molar-refractivity contribution in [3.8, 4) is 0 Å². The van der Waals surface area contributed by atoms with Gasteiger partial charge in [-0.25, -0.2) is 4.98 Å². The average Bonchev–Trinajstić information content (AvgIpc) is 2.79. The largest absolute Gasteiger partial charge is 0.318 e. The van der Waals surface area contributed by atoms with Crippen LogP contribution in [0.4, 0.5) is 5.69 Å². The first-order valence-corrected chi connectivity index (χ1v) is 8.33. The molecule has 2 aromatic heterocycles. The number of fused-ring (bicyclic) bond motifs is 1. The zero-order chi connectivity index (χ0) is 16.7. The van der Waals surface area contributed by atoms with Crippen molar-refractivity contribution >= 4 is 56.4 Å². The lowest BCUT2D eigenvalue weighted by Gasteiger charge is -2.10. The molecule has 0 atom stereocenters. The van der Waals surface area contributed by atoms with E-state index >= 15 is 0 Å². The molecule has 7 heteroatoms. The zero-order valence-electron chi connectivity index (χ0n) is 12.3. The van der Waals surface area contributed by atoms with E-state index in [-0.39, 0.29) is 5.91 Å². The number of anilines is 1. The standard InChI is InChI=1S/C16H12BrCl2N3O/c1-8-6-10(17)15-20-9(2)14(22(15)7-8)16(23)21-13-11(18)4-3-5-12(13)19/h3-7H,1-2H3,(H,21,23). The normalized spacial score (nSPS) is 11.0. The third-order valence-electron chi connectivity index (χ3n) is 3.40. The maximum Gasteiger partial charge on any atom is 0.274 e. The molecule has 0 saturated heterocycles. The lowest BCUT2D eigenvalue weighted by Crippen LogP contribution is -2.16. The highest BCUT2D eigenvalue weighted by Crippen LogP contribution is 2.31. The summed E-state index contributed by atoms with van der Waals surface area (Å²) in [4.78, 5) is 17.2. The molecule has 0 radical (unpaired) electrons. The van der Waals surface area contributed by atoms with Crippen LogP contribution < -0.4 is 5.32 Å². The minimum absolute atomic E-state index is 0.317. The minimum Gasteiger partial charge on any atom is -0.318 e. The molecule has 2 heterocycles. The number of rotatable bonds is 2. The number of amides is 1. The van der Waals surface area contributed by atoms with Crippen molar-refractivity contribution in [2.75, 3.05) is 5.32 Å². The molecule has 0 fully saturated rings. The summed E-state index contributed by atoms with van der Waals surface area (Å²) >= 11 is 15.7. The Morgan fingerprint density at radius 1 is 1.26 bits per heavy atom. The molecule has 0 aliphatic heterocycles. The number of aromatic nitrogens is 2. The van der Waals surface area contributed by atoms with Crippen molar-refractivity contribution in [2.24, 2.45) is 0 Å². The predicted molar refractivity (Wildman–Crippen MR) is 96.8 cm³/mol. The van der Waals surface area contributed by atoms with Gasteiger partial charge in [-0.3, -0.25) is 9.20 Å². The van der Waals surface area contributed by atoms with Gasteiger partial charge in [0.2, 0.25) is 0 Å². The summed E-state index contributed by atoms with van der Waals surface area (Å²) in [5, 5.41) is 3.54. The fraction of sp³-hybridized carbons (Fsp3) is 0.125. The number of nitrogens with one attached hydrogen (secondary N) is 1.